The van der Waals surface area contributed by atoms with Gasteiger partial charge in [-0.05, 0) is 31.5 Å². The molecule has 25 heavy (non-hydrogen) atoms. The summed E-state index contributed by atoms with van der Waals surface area (Å²) < 4.78 is 1.07. The Bertz CT molecular complexity index is 832. The topological polar surface area (TPSA) is 99.6 Å². The van der Waals surface area contributed by atoms with Gasteiger partial charge in [0.15, 0.2) is 0 Å². The van der Waals surface area contributed by atoms with E-state index in [1.54, 1.807) is 16.2 Å². The quantitative estimate of drug-likeness (QED) is 0.766. The van der Waals surface area contributed by atoms with Crippen molar-refractivity contribution in [2.75, 3.05) is 18.0 Å². The molecule has 0 aliphatic carbocycles. The van der Waals surface area contributed by atoms with Crippen LogP contribution in [0.3, 0.4) is 0 Å². The van der Waals surface area contributed by atoms with E-state index in [-0.39, 0.29) is 24.7 Å². The van der Waals surface area contributed by atoms with E-state index >= 15 is 0 Å². The number of carboxylic acid groups (broad SMARTS) is 1. The third-order valence-electron chi connectivity index (χ3n) is 4.15. The zero-order chi connectivity index (χ0) is 18.0. The summed E-state index contributed by atoms with van der Waals surface area (Å²) in [7, 11) is 0. The van der Waals surface area contributed by atoms with Crippen molar-refractivity contribution in [3.8, 4) is 0 Å². The monoisotopic (exact) mass is 361 g/mol. The van der Waals surface area contributed by atoms with Gasteiger partial charge in [0, 0.05) is 31.6 Å². The molecule has 8 heteroatoms. The molecule has 1 aliphatic heterocycles. The van der Waals surface area contributed by atoms with Crippen LogP contribution in [0.1, 0.15) is 24.3 Å². The minimum absolute atomic E-state index is 0.0169. The van der Waals surface area contributed by atoms with Gasteiger partial charge in [0.25, 0.3) is 0 Å². The average Bonchev–Trinajstić information content (AvgIpc) is 3.12. The fourth-order valence-electron chi connectivity index (χ4n) is 2.93. The first-order chi connectivity index (χ1) is 11.9. The Balaban J connectivity index is 1.63. The van der Waals surface area contributed by atoms with Crippen molar-refractivity contribution in [2.45, 2.75) is 26.2 Å². The minimum Gasteiger partial charge on any atom is -0.481 e. The first-order valence-corrected chi connectivity index (χ1v) is 8.93. The number of carbonyl (C=O) groups is 3. The largest absolute Gasteiger partial charge is 0.481 e. The highest BCUT2D eigenvalue weighted by Gasteiger charge is 2.35. The van der Waals surface area contributed by atoms with Gasteiger partial charge in [-0.25, -0.2) is 4.98 Å². The third kappa shape index (κ3) is 3.96. The van der Waals surface area contributed by atoms with Gasteiger partial charge >= 0.3 is 5.97 Å². The Morgan fingerprint density at radius 2 is 2.24 bits per heavy atom. The molecule has 1 saturated heterocycles. The Hall–Kier alpha value is -2.48. The molecule has 1 atom stereocenters. The fraction of sp³-hybridized carbons (Fsp3) is 0.412. The van der Waals surface area contributed by atoms with Crippen LogP contribution in [-0.4, -0.2) is 41.0 Å². The minimum atomic E-state index is -0.885. The van der Waals surface area contributed by atoms with Gasteiger partial charge in [-0.1, -0.05) is 0 Å². The van der Waals surface area contributed by atoms with Crippen LogP contribution in [0.15, 0.2) is 18.2 Å². The molecule has 2 amide bonds. The normalized spacial score (nSPS) is 17.2. The van der Waals surface area contributed by atoms with Gasteiger partial charge in [0.1, 0.15) is 0 Å². The molecule has 3 rings (SSSR count). The van der Waals surface area contributed by atoms with Crippen LogP contribution in [0.2, 0.25) is 0 Å². The van der Waals surface area contributed by atoms with Crippen LogP contribution in [0, 0.1) is 12.8 Å². The summed E-state index contributed by atoms with van der Waals surface area (Å²) in [6.45, 7) is 2.58. The summed E-state index contributed by atoms with van der Waals surface area (Å²) >= 11 is 1.60. The van der Waals surface area contributed by atoms with E-state index in [9.17, 15) is 14.4 Å². The van der Waals surface area contributed by atoms with E-state index in [0.29, 0.717) is 19.5 Å². The highest BCUT2D eigenvalue weighted by Crippen LogP contribution is 2.30. The van der Waals surface area contributed by atoms with E-state index in [2.05, 4.69) is 10.3 Å². The first-order valence-electron chi connectivity index (χ1n) is 8.11. The molecule has 2 heterocycles. The zero-order valence-electron chi connectivity index (χ0n) is 13.8. The van der Waals surface area contributed by atoms with Gasteiger partial charge in [0.05, 0.1) is 21.1 Å². The number of hydrogen-bond donors (Lipinski definition) is 2. The van der Waals surface area contributed by atoms with Gasteiger partial charge in [0.2, 0.25) is 11.8 Å². The average molecular weight is 361 g/mol. The van der Waals surface area contributed by atoms with E-state index in [4.69, 9.17) is 5.11 Å². The number of nitrogens with zero attached hydrogens (tertiary/aromatic N) is 2. The number of benzene rings is 1. The van der Waals surface area contributed by atoms with E-state index < -0.39 is 11.9 Å². The number of carbonyl (C=O) groups excluding carboxylic acids is 2. The number of fused-ring (bicyclic) bond motifs is 1. The van der Waals surface area contributed by atoms with Crippen molar-refractivity contribution in [1.29, 1.82) is 0 Å². The molecule has 0 bridgehead atoms. The third-order valence-corrected chi connectivity index (χ3v) is 5.10. The number of aryl methyl sites for hydroxylation is 1. The predicted octanol–water partition coefficient (Wildman–Crippen LogP) is 1.94. The molecule has 0 radical (unpaired) electrons. The van der Waals surface area contributed by atoms with Gasteiger partial charge in [-0.2, -0.15) is 0 Å². The smallest absolute Gasteiger partial charge is 0.303 e. The molecule has 132 valence electrons. The summed E-state index contributed by atoms with van der Waals surface area (Å²) in [5.41, 5.74) is 1.61. The SMILES string of the molecule is Cc1nc2cc(N3CC(C(=O)NCCCC(=O)O)CC3=O)ccc2s1. The number of amides is 2. The van der Waals surface area contributed by atoms with E-state index in [0.717, 1.165) is 20.9 Å². The standard InChI is InChI=1S/C17H19N3O4S/c1-10-19-13-8-12(4-5-14(13)25-10)20-9-11(7-15(20)21)17(24)18-6-2-3-16(22)23/h4-5,8,11H,2-3,6-7,9H2,1H3,(H,18,24)(H,22,23). The van der Waals surface area contributed by atoms with Crippen molar-refractivity contribution >= 4 is 45.0 Å². The summed E-state index contributed by atoms with van der Waals surface area (Å²) in [4.78, 5) is 41.0. The molecule has 1 aromatic carbocycles. The van der Waals surface area contributed by atoms with Crippen molar-refractivity contribution in [3.63, 3.8) is 0 Å². The number of thiazole rings is 1. The van der Waals surface area contributed by atoms with Crippen LogP contribution >= 0.6 is 11.3 Å². The summed E-state index contributed by atoms with van der Waals surface area (Å²) in [5, 5.41) is 12.3. The first kappa shape index (κ1) is 17.3. The molecular formula is C17H19N3O4S. The lowest BCUT2D eigenvalue weighted by Gasteiger charge is -2.16. The Morgan fingerprint density at radius 3 is 3.00 bits per heavy atom. The van der Waals surface area contributed by atoms with Crippen LogP contribution in [0.4, 0.5) is 5.69 Å². The number of rotatable bonds is 6. The molecular weight excluding hydrogens is 342 g/mol. The number of aromatic nitrogens is 1. The van der Waals surface area contributed by atoms with Crippen molar-refractivity contribution < 1.29 is 19.5 Å². The highest BCUT2D eigenvalue weighted by molar-refractivity contribution is 7.18. The molecule has 1 aromatic heterocycles. The maximum atomic E-state index is 12.3. The second-order valence-electron chi connectivity index (χ2n) is 6.08. The second-order valence-corrected chi connectivity index (χ2v) is 7.31. The number of carboxylic acids is 1. The molecule has 0 spiro atoms. The van der Waals surface area contributed by atoms with E-state index in [1.165, 1.54) is 0 Å². The van der Waals surface area contributed by atoms with Crippen molar-refractivity contribution in [1.82, 2.24) is 10.3 Å². The zero-order valence-corrected chi connectivity index (χ0v) is 14.6. The molecule has 7 nitrogen and oxygen atoms in total. The summed E-state index contributed by atoms with van der Waals surface area (Å²) in [6.07, 6.45) is 0.563. The molecule has 1 aliphatic rings. The van der Waals surface area contributed by atoms with Crippen molar-refractivity contribution in [2.24, 2.45) is 5.92 Å². The molecule has 2 N–H and O–H groups in total. The van der Waals surface area contributed by atoms with Crippen LogP contribution in [-0.2, 0) is 14.4 Å². The lowest BCUT2D eigenvalue weighted by Crippen LogP contribution is -2.33. The Kier molecular flexibility index (Phi) is 4.98. The lowest BCUT2D eigenvalue weighted by molar-refractivity contribution is -0.137. The van der Waals surface area contributed by atoms with Gasteiger partial charge in [-0.3, -0.25) is 14.4 Å². The number of anilines is 1. The molecule has 1 fully saturated rings. The number of hydrogen-bond acceptors (Lipinski definition) is 5. The van der Waals surface area contributed by atoms with Gasteiger partial charge < -0.3 is 15.3 Å². The van der Waals surface area contributed by atoms with E-state index in [1.807, 2.05) is 25.1 Å². The molecule has 2 aromatic rings. The molecule has 1 unspecified atom stereocenters. The van der Waals surface area contributed by atoms with Crippen LogP contribution in [0.25, 0.3) is 10.2 Å². The summed E-state index contributed by atoms with van der Waals surface area (Å²) in [5.74, 6) is -1.59. The maximum absolute atomic E-state index is 12.3. The van der Waals surface area contributed by atoms with Crippen LogP contribution < -0.4 is 10.2 Å². The number of aliphatic carboxylic acids is 1. The Labute approximate surface area is 148 Å². The maximum Gasteiger partial charge on any atom is 0.303 e. The van der Waals surface area contributed by atoms with Gasteiger partial charge in [-0.15, -0.1) is 11.3 Å². The Morgan fingerprint density at radius 1 is 1.44 bits per heavy atom. The number of nitrogens with one attached hydrogen (secondary N) is 1. The van der Waals surface area contributed by atoms with Crippen molar-refractivity contribution in [3.05, 3.63) is 23.2 Å². The van der Waals surface area contributed by atoms with Crippen LogP contribution in [0.5, 0.6) is 0 Å². The summed E-state index contributed by atoms with van der Waals surface area (Å²) in [6, 6.07) is 5.71. The fourth-order valence-corrected chi connectivity index (χ4v) is 3.73. The molecule has 0 saturated carbocycles. The highest BCUT2D eigenvalue weighted by atomic mass is 32.1. The second kappa shape index (κ2) is 7.18. The predicted molar refractivity (Wildman–Crippen MR) is 94.7 cm³/mol. The lowest BCUT2D eigenvalue weighted by atomic mass is 10.1.